The third-order valence-corrected chi connectivity index (χ3v) is 3.34. The molecule has 0 aliphatic carbocycles. The number of hydrogen-bond donors (Lipinski definition) is 1. The predicted molar refractivity (Wildman–Crippen MR) is 72.2 cm³/mol. The molecule has 0 saturated heterocycles. The standard InChI is InChI=1S/C15H16N2O2/c1-10(18)2-5-15-16-9-13(17-15)11-3-4-14-12(8-11)6-7-19-14/h3-4,8-9H,2,5-7H2,1H3,(H,16,17). The van der Waals surface area contributed by atoms with Crippen LogP contribution in [0.15, 0.2) is 24.4 Å². The fourth-order valence-corrected chi connectivity index (χ4v) is 2.28. The molecule has 1 aromatic carbocycles. The van der Waals surface area contributed by atoms with Gasteiger partial charge in [0.1, 0.15) is 17.4 Å². The molecule has 0 bridgehead atoms. The second kappa shape index (κ2) is 4.88. The van der Waals surface area contributed by atoms with Gasteiger partial charge in [0.2, 0.25) is 0 Å². The zero-order valence-electron chi connectivity index (χ0n) is 10.9. The van der Waals surface area contributed by atoms with Crippen molar-refractivity contribution >= 4 is 5.78 Å². The van der Waals surface area contributed by atoms with Crippen LogP contribution in [-0.4, -0.2) is 22.4 Å². The molecule has 1 aliphatic heterocycles. The molecule has 0 unspecified atom stereocenters. The molecule has 1 N–H and O–H groups in total. The number of carbonyl (C=O) groups excluding carboxylic acids is 1. The number of fused-ring (bicyclic) bond motifs is 1. The van der Waals surface area contributed by atoms with E-state index in [0.717, 1.165) is 35.9 Å². The summed E-state index contributed by atoms with van der Waals surface area (Å²) >= 11 is 0. The van der Waals surface area contributed by atoms with Crippen LogP contribution in [0.3, 0.4) is 0 Å². The number of hydrogen-bond acceptors (Lipinski definition) is 3. The number of benzene rings is 1. The van der Waals surface area contributed by atoms with Crippen molar-refractivity contribution in [1.82, 2.24) is 9.97 Å². The van der Waals surface area contributed by atoms with Gasteiger partial charge in [0.25, 0.3) is 0 Å². The van der Waals surface area contributed by atoms with Gasteiger partial charge in [-0.1, -0.05) is 0 Å². The third kappa shape index (κ3) is 2.52. The van der Waals surface area contributed by atoms with Crippen LogP contribution < -0.4 is 4.74 Å². The van der Waals surface area contributed by atoms with Crippen LogP contribution >= 0.6 is 0 Å². The number of aromatic amines is 1. The number of imidazole rings is 1. The van der Waals surface area contributed by atoms with E-state index in [1.165, 1.54) is 5.56 Å². The van der Waals surface area contributed by atoms with Crippen LogP contribution in [0, 0.1) is 0 Å². The summed E-state index contributed by atoms with van der Waals surface area (Å²) in [5, 5.41) is 0. The van der Waals surface area contributed by atoms with Crippen LogP contribution in [0.2, 0.25) is 0 Å². The first-order valence-corrected chi connectivity index (χ1v) is 6.52. The number of rotatable bonds is 4. The van der Waals surface area contributed by atoms with Crippen molar-refractivity contribution in [2.24, 2.45) is 0 Å². The molecule has 1 aromatic heterocycles. The zero-order chi connectivity index (χ0) is 13.2. The molecule has 0 radical (unpaired) electrons. The van der Waals surface area contributed by atoms with Crippen LogP contribution in [0.5, 0.6) is 5.75 Å². The summed E-state index contributed by atoms with van der Waals surface area (Å²) < 4.78 is 5.50. The van der Waals surface area contributed by atoms with E-state index in [9.17, 15) is 4.79 Å². The Morgan fingerprint density at radius 2 is 2.37 bits per heavy atom. The normalized spacial score (nSPS) is 13.1. The molecule has 2 aromatic rings. The highest BCUT2D eigenvalue weighted by Gasteiger charge is 2.13. The average Bonchev–Trinajstić information content (AvgIpc) is 3.04. The molecule has 0 fully saturated rings. The molecular formula is C15H16N2O2. The van der Waals surface area contributed by atoms with Gasteiger partial charge in [-0.3, -0.25) is 0 Å². The van der Waals surface area contributed by atoms with E-state index in [0.29, 0.717) is 12.8 Å². The quantitative estimate of drug-likeness (QED) is 0.914. The average molecular weight is 256 g/mol. The highest BCUT2D eigenvalue weighted by molar-refractivity contribution is 5.75. The zero-order valence-corrected chi connectivity index (χ0v) is 10.9. The van der Waals surface area contributed by atoms with Gasteiger partial charge in [-0.05, 0) is 30.7 Å². The number of nitrogens with zero attached hydrogens (tertiary/aromatic N) is 1. The van der Waals surface area contributed by atoms with E-state index in [-0.39, 0.29) is 5.78 Å². The highest BCUT2D eigenvalue weighted by atomic mass is 16.5. The third-order valence-electron chi connectivity index (χ3n) is 3.34. The summed E-state index contributed by atoms with van der Waals surface area (Å²) in [5.41, 5.74) is 3.36. The fourth-order valence-electron chi connectivity index (χ4n) is 2.28. The van der Waals surface area contributed by atoms with Gasteiger partial charge < -0.3 is 14.5 Å². The van der Waals surface area contributed by atoms with Gasteiger partial charge in [0.15, 0.2) is 0 Å². The van der Waals surface area contributed by atoms with E-state index in [1.807, 2.05) is 18.3 Å². The smallest absolute Gasteiger partial charge is 0.130 e. The Kier molecular flexibility index (Phi) is 3.07. The monoisotopic (exact) mass is 256 g/mol. The number of nitrogens with one attached hydrogen (secondary N) is 1. The predicted octanol–water partition coefficient (Wildman–Crippen LogP) is 2.53. The minimum Gasteiger partial charge on any atom is -0.493 e. The summed E-state index contributed by atoms with van der Waals surface area (Å²) in [4.78, 5) is 18.6. The molecule has 98 valence electrons. The lowest BCUT2D eigenvalue weighted by Gasteiger charge is -2.01. The summed E-state index contributed by atoms with van der Waals surface area (Å²) in [6, 6.07) is 6.19. The largest absolute Gasteiger partial charge is 0.493 e. The Hall–Kier alpha value is -2.10. The van der Waals surface area contributed by atoms with Gasteiger partial charge in [0.05, 0.1) is 18.5 Å². The van der Waals surface area contributed by atoms with Crippen LogP contribution in [0.25, 0.3) is 11.3 Å². The Balaban J connectivity index is 1.80. The van der Waals surface area contributed by atoms with Gasteiger partial charge in [-0.15, -0.1) is 0 Å². The number of aryl methyl sites for hydroxylation is 1. The number of ether oxygens (including phenoxy) is 1. The number of Topliss-reactive ketones (excluding diaryl/α,β-unsaturated/α-hetero) is 1. The molecule has 0 saturated carbocycles. The molecule has 2 heterocycles. The van der Waals surface area contributed by atoms with Crippen molar-refractivity contribution in [1.29, 1.82) is 0 Å². The van der Waals surface area contributed by atoms with Crippen molar-refractivity contribution in [3.63, 3.8) is 0 Å². The topological polar surface area (TPSA) is 55.0 Å². The van der Waals surface area contributed by atoms with E-state index < -0.39 is 0 Å². The fraction of sp³-hybridized carbons (Fsp3) is 0.333. The Morgan fingerprint density at radius 1 is 1.47 bits per heavy atom. The van der Waals surface area contributed by atoms with Crippen LogP contribution in [-0.2, 0) is 17.6 Å². The van der Waals surface area contributed by atoms with Crippen LogP contribution in [0.1, 0.15) is 24.7 Å². The maximum absolute atomic E-state index is 11.0. The van der Waals surface area contributed by atoms with Crippen molar-refractivity contribution in [3.05, 3.63) is 35.8 Å². The molecule has 1 aliphatic rings. The minimum absolute atomic E-state index is 0.188. The molecule has 0 atom stereocenters. The first kappa shape index (κ1) is 12.0. The van der Waals surface area contributed by atoms with Gasteiger partial charge in [0, 0.05) is 24.8 Å². The van der Waals surface area contributed by atoms with E-state index in [2.05, 4.69) is 16.0 Å². The summed E-state index contributed by atoms with van der Waals surface area (Å²) in [7, 11) is 0. The van der Waals surface area contributed by atoms with Crippen molar-refractivity contribution in [3.8, 4) is 17.0 Å². The SMILES string of the molecule is CC(=O)CCc1ncc(-c2ccc3c(c2)CCO3)[nH]1. The molecule has 19 heavy (non-hydrogen) atoms. The van der Waals surface area contributed by atoms with Crippen molar-refractivity contribution in [2.75, 3.05) is 6.61 Å². The lowest BCUT2D eigenvalue weighted by atomic mass is 10.1. The second-order valence-electron chi connectivity index (χ2n) is 4.87. The Labute approximate surface area is 111 Å². The van der Waals surface area contributed by atoms with Crippen LogP contribution in [0.4, 0.5) is 0 Å². The summed E-state index contributed by atoms with van der Waals surface area (Å²) in [6.45, 7) is 2.37. The van der Waals surface area contributed by atoms with Crippen molar-refractivity contribution < 1.29 is 9.53 Å². The maximum Gasteiger partial charge on any atom is 0.130 e. The minimum atomic E-state index is 0.188. The first-order chi connectivity index (χ1) is 9.22. The Morgan fingerprint density at radius 3 is 3.21 bits per heavy atom. The molecular weight excluding hydrogens is 240 g/mol. The molecule has 3 rings (SSSR count). The second-order valence-corrected chi connectivity index (χ2v) is 4.87. The number of carbonyl (C=O) groups is 1. The summed E-state index contributed by atoms with van der Waals surface area (Å²) in [6.07, 6.45) is 4.00. The van der Waals surface area contributed by atoms with Gasteiger partial charge in [-0.25, -0.2) is 4.98 Å². The maximum atomic E-state index is 11.0. The molecule has 4 nitrogen and oxygen atoms in total. The van der Waals surface area contributed by atoms with Gasteiger partial charge >= 0.3 is 0 Å². The lowest BCUT2D eigenvalue weighted by Crippen LogP contribution is -1.95. The first-order valence-electron chi connectivity index (χ1n) is 6.52. The van der Waals surface area contributed by atoms with E-state index in [4.69, 9.17) is 4.74 Å². The lowest BCUT2D eigenvalue weighted by molar-refractivity contribution is -0.117. The highest BCUT2D eigenvalue weighted by Crippen LogP contribution is 2.29. The van der Waals surface area contributed by atoms with Gasteiger partial charge in [-0.2, -0.15) is 0 Å². The molecule has 0 amide bonds. The Bertz CT molecular complexity index is 616. The van der Waals surface area contributed by atoms with Crippen molar-refractivity contribution in [2.45, 2.75) is 26.2 Å². The van der Waals surface area contributed by atoms with E-state index in [1.54, 1.807) is 6.92 Å². The summed E-state index contributed by atoms with van der Waals surface area (Å²) in [5.74, 6) is 2.04. The number of aromatic nitrogens is 2. The van der Waals surface area contributed by atoms with E-state index >= 15 is 0 Å². The number of ketones is 1. The molecule has 4 heteroatoms. The molecule has 0 spiro atoms. The number of H-pyrrole nitrogens is 1.